The predicted octanol–water partition coefficient (Wildman–Crippen LogP) is 1.80. The van der Waals surface area contributed by atoms with Crippen LogP contribution in [0.2, 0.25) is 0 Å². The quantitative estimate of drug-likeness (QED) is 0.316. The molecule has 1 heterocycles. The van der Waals surface area contributed by atoms with E-state index in [2.05, 4.69) is 13.8 Å². The van der Waals surface area contributed by atoms with E-state index in [-0.39, 0.29) is 46.4 Å². The number of hydrogen-bond donors (Lipinski definition) is 5. The molecule has 0 bridgehead atoms. The van der Waals surface area contributed by atoms with Gasteiger partial charge in [0.1, 0.15) is 23.9 Å². The van der Waals surface area contributed by atoms with Gasteiger partial charge in [-0.05, 0) is 38.2 Å². The Balaban J connectivity index is 0.000000317. The van der Waals surface area contributed by atoms with Crippen molar-refractivity contribution in [3.8, 4) is 17.2 Å². The second-order valence-corrected chi connectivity index (χ2v) is 10.0. The first kappa shape index (κ1) is 27.7. The Morgan fingerprint density at radius 2 is 1.79 bits per heavy atom. The minimum Gasteiger partial charge on any atom is -0.507 e. The number of hydrogen-bond acceptors (Lipinski definition) is 10. The lowest BCUT2D eigenvalue weighted by molar-refractivity contribution is -0.127. The van der Waals surface area contributed by atoms with E-state index in [4.69, 9.17) is 20.3 Å². The maximum atomic E-state index is 13.1. The molecule has 0 radical (unpaired) electrons. The SMILES string of the molecule is CC1OCCC(N)C1C.COc1cccc2c1C(=O)c1c(O)c3c(c(O)c1C2=O)CC(C(=O)CO)CC3O. The van der Waals surface area contributed by atoms with E-state index in [0.717, 1.165) is 13.0 Å². The molecule has 5 atom stereocenters. The zero-order valence-electron chi connectivity index (χ0n) is 21.6. The fraction of sp³-hybridized carbons (Fsp3) is 0.464. The summed E-state index contributed by atoms with van der Waals surface area (Å²) < 4.78 is 10.6. The summed E-state index contributed by atoms with van der Waals surface area (Å²) in [5.74, 6) is -3.15. The first-order valence-corrected chi connectivity index (χ1v) is 12.6. The van der Waals surface area contributed by atoms with Gasteiger partial charge in [-0.2, -0.15) is 0 Å². The molecule has 6 N–H and O–H groups in total. The van der Waals surface area contributed by atoms with Gasteiger partial charge >= 0.3 is 0 Å². The Bertz CT molecular complexity index is 1280. The molecular weight excluding hydrogens is 494 g/mol. The lowest BCUT2D eigenvalue weighted by Gasteiger charge is -2.32. The summed E-state index contributed by atoms with van der Waals surface area (Å²) in [5, 5.41) is 41.3. The molecule has 204 valence electrons. The fourth-order valence-corrected chi connectivity index (χ4v) is 5.43. The maximum absolute atomic E-state index is 13.1. The highest BCUT2D eigenvalue weighted by Gasteiger charge is 2.43. The van der Waals surface area contributed by atoms with Crippen molar-refractivity contribution in [2.45, 2.75) is 51.4 Å². The standard InChI is InChI=1S/C21H18O8.C7H15NO/c1-29-13-4-2-3-9-15(13)21(28)17-16(18(9)25)19(26)10-5-8(12(24)7-22)6-11(23)14(10)20(17)27;1-5-6(2)9-4-3-7(5)8/h2-4,8,11,22-23,26-27H,5-7H2,1H3;5-7H,3-4,8H2,1-2H3. The van der Waals surface area contributed by atoms with E-state index in [1.54, 1.807) is 0 Å². The largest absolute Gasteiger partial charge is 0.507 e. The van der Waals surface area contributed by atoms with Gasteiger partial charge in [0.15, 0.2) is 11.6 Å². The number of phenolic OH excluding ortho intramolecular Hbond substituents is 2. The topological polar surface area (TPSA) is 177 Å². The minimum absolute atomic E-state index is 0.0239. The van der Waals surface area contributed by atoms with Crippen LogP contribution in [-0.2, 0) is 16.0 Å². The number of carbonyl (C=O) groups is 3. The Hall–Kier alpha value is -3.31. The van der Waals surface area contributed by atoms with Gasteiger partial charge in [0.25, 0.3) is 0 Å². The smallest absolute Gasteiger partial charge is 0.202 e. The molecule has 0 aromatic heterocycles. The van der Waals surface area contributed by atoms with Gasteiger partial charge in [0.05, 0.1) is 36.0 Å². The zero-order chi connectivity index (χ0) is 27.9. The molecule has 0 saturated carbocycles. The van der Waals surface area contributed by atoms with Crippen LogP contribution in [0.25, 0.3) is 0 Å². The Labute approximate surface area is 220 Å². The second kappa shape index (κ2) is 10.8. The third kappa shape index (κ3) is 4.58. The number of aliphatic hydroxyl groups excluding tert-OH is 2. The van der Waals surface area contributed by atoms with Gasteiger partial charge < -0.3 is 35.6 Å². The van der Waals surface area contributed by atoms with Crippen molar-refractivity contribution < 1.29 is 44.3 Å². The fourth-order valence-electron chi connectivity index (χ4n) is 5.43. The van der Waals surface area contributed by atoms with E-state index in [9.17, 15) is 29.7 Å². The number of rotatable bonds is 3. The molecule has 2 aromatic rings. The molecule has 10 nitrogen and oxygen atoms in total. The number of fused-ring (bicyclic) bond motifs is 3. The predicted molar refractivity (Wildman–Crippen MR) is 136 cm³/mol. The van der Waals surface area contributed by atoms with E-state index in [1.807, 2.05) is 0 Å². The maximum Gasteiger partial charge on any atom is 0.202 e. The third-order valence-electron chi connectivity index (χ3n) is 7.91. The summed E-state index contributed by atoms with van der Waals surface area (Å²) in [5.41, 5.74) is 4.97. The lowest BCUT2D eigenvalue weighted by atomic mass is 9.74. The number of ether oxygens (including phenoxy) is 2. The molecule has 2 aliphatic carbocycles. The molecule has 5 unspecified atom stereocenters. The summed E-state index contributed by atoms with van der Waals surface area (Å²) in [6.07, 6.45) is -0.137. The first-order valence-electron chi connectivity index (χ1n) is 12.6. The normalized spacial score (nSPS) is 25.9. The van der Waals surface area contributed by atoms with Crippen LogP contribution < -0.4 is 10.5 Å². The van der Waals surface area contributed by atoms with Crippen LogP contribution in [0.3, 0.4) is 0 Å². The van der Waals surface area contributed by atoms with Crippen LogP contribution in [0.4, 0.5) is 0 Å². The van der Waals surface area contributed by atoms with Gasteiger partial charge in [0, 0.05) is 35.3 Å². The number of phenols is 2. The molecule has 0 spiro atoms. The lowest BCUT2D eigenvalue weighted by Crippen LogP contribution is -2.41. The number of aliphatic hydroxyl groups is 2. The highest BCUT2D eigenvalue weighted by Crippen LogP contribution is 2.50. The number of benzene rings is 2. The summed E-state index contributed by atoms with van der Waals surface area (Å²) in [4.78, 5) is 38.1. The second-order valence-electron chi connectivity index (χ2n) is 10.0. The van der Waals surface area contributed by atoms with Crippen molar-refractivity contribution in [3.05, 3.63) is 51.6 Å². The average molecular weight is 528 g/mol. The highest BCUT2D eigenvalue weighted by molar-refractivity contribution is 6.31. The van der Waals surface area contributed by atoms with Crippen molar-refractivity contribution in [3.63, 3.8) is 0 Å². The Kier molecular flexibility index (Phi) is 7.89. The number of methoxy groups -OCH3 is 1. The van der Waals surface area contributed by atoms with Crippen molar-refractivity contribution in [2.24, 2.45) is 17.6 Å². The van der Waals surface area contributed by atoms with Crippen molar-refractivity contribution in [1.82, 2.24) is 0 Å². The van der Waals surface area contributed by atoms with Crippen molar-refractivity contribution >= 4 is 17.3 Å². The molecule has 38 heavy (non-hydrogen) atoms. The van der Waals surface area contributed by atoms with Crippen LogP contribution in [0, 0.1) is 11.8 Å². The van der Waals surface area contributed by atoms with Crippen LogP contribution in [0.5, 0.6) is 17.2 Å². The molecular formula is C28H33NO9. The van der Waals surface area contributed by atoms with Gasteiger partial charge in [-0.15, -0.1) is 0 Å². The van der Waals surface area contributed by atoms with Crippen LogP contribution >= 0.6 is 0 Å². The first-order chi connectivity index (χ1) is 18.0. The molecule has 1 saturated heterocycles. The number of nitrogens with two attached hydrogens (primary N) is 1. The van der Waals surface area contributed by atoms with Crippen LogP contribution in [0.1, 0.15) is 75.8 Å². The van der Waals surface area contributed by atoms with Gasteiger partial charge in [-0.25, -0.2) is 0 Å². The summed E-state index contributed by atoms with van der Waals surface area (Å²) in [6, 6.07) is 4.81. The monoisotopic (exact) mass is 527 g/mol. The van der Waals surface area contributed by atoms with Crippen LogP contribution in [-0.4, -0.2) is 70.2 Å². The van der Waals surface area contributed by atoms with E-state index < -0.39 is 53.0 Å². The zero-order valence-corrected chi connectivity index (χ0v) is 21.6. The molecule has 5 rings (SSSR count). The van der Waals surface area contributed by atoms with Gasteiger partial charge in [0.2, 0.25) is 5.78 Å². The van der Waals surface area contributed by atoms with Crippen LogP contribution in [0.15, 0.2) is 18.2 Å². The third-order valence-corrected chi connectivity index (χ3v) is 7.91. The van der Waals surface area contributed by atoms with Crippen molar-refractivity contribution in [1.29, 1.82) is 0 Å². The van der Waals surface area contributed by atoms with Gasteiger partial charge in [-0.3, -0.25) is 14.4 Å². The summed E-state index contributed by atoms with van der Waals surface area (Å²) >= 11 is 0. The molecule has 10 heteroatoms. The Morgan fingerprint density at radius 1 is 1.11 bits per heavy atom. The molecule has 2 aromatic carbocycles. The Morgan fingerprint density at radius 3 is 2.39 bits per heavy atom. The van der Waals surface area contributed by atoms with Gasteiger partial charge in [-0.1, -0.05) is 19.1 Å². The van der Waals surface area contributed by atoms with E-state index in [1.165, 1.54) is 25.3 Å². The minimum atomic E-state index is -1.35. The van der Waals surface area contributed by atoms with Crippen molar-refractivity contribution in [2.75, 3.05) is 20.3 Å². The van der Waals surface area contributed by atoms with E-state index in [0.29, 0.717) is 18.1 Å². The summed E-state index contributed by atoms with van der Waals surface area (Å²) in [7, 11) is 1.34. The number of carbonyl (C=O) groups excluding carboxylic acids is 3. The molecule has 1 aliphatic heterocycles. The highest BCUT2D eigenvalue weighted by atomic mass is 16.5. The number of Topliss-reactive ketones (excluding diaryl/α,β-unsaturated/α-hetero) is 1. The van der Waals surface area contributed by atoms with E-state index >= 15 is 0 Å². The summed E-state index contributed by atoms with van der Waals surface area (Å²) in [6.45, 7) is 4.35. The number of aromatic hydroxyl groups is 2. The molecule has 0 amide bonds. The average Bonchev–Trinajstić information content (AvgIpc) is 2.91. The number of ketones is 3. The molecule has 1 fully saturated rings. The molecule has 3 aliphatic rings.